The molecule has 0 spiro atoms. The van der Waals surface area contributed by atoms with E-state index in [2.05, 4.69) is 16.8 Å². The summed E-state index contributed by atoms with van der Waals surface area (Å²) < 4.78 is 2.15. The zero-order valence-corrected chi connectivity index (χ0v) is 13.1. The summed E-state index contributed by atoms with van der Waals surface area (Å²) in [6.07, 6.45) is 5.04. The predicted octanol–water partition coefficient (Wildman–Crippen LogP) is 2.52. The Bertz CT molecular complexity index is 759. The van der Waals surface area contributed by atoms with Gasteiger partial charge in [0.25, 0.3) is 0 Å². The number of rotatable bonds is 4. The number of fused-ring (bicyclic) bond motifs is 1. The Hall–Kier alpha value is -2.14. The van der Waals surface area contributed by atoms with Gasteiger partial charge in [0.05, 0.1) is 16.6 Å². The van der Waals surface area contributed by atoms with Crippen molar-refractivity contribution in [3.63, 3.8) is 0 Å². The fraction of sp³-hybridized carbons (Fsp3) is 0.412. The molecule has 1 aromatic carbocycles. The molecule has 3 rings (SSSR count). The number of carboxylic acids is 1. The molecule has 1 aliphatic carbocycles. The number of carbonyl (C=O) groups is 1. The fourth-order valence-electron chi connectivity index (χ4n) is 3.42. The van der Waals surface area contributed by atoms with E-state index in [-0.39, 0.29) is 5.54 Å². The molecule has 22 heavy (non-hydrogen) atoms. The standard InChI is InChI=1S/C17H21N3O2/c1-11-8-9-17(11,18-2)16-19-13-10-12(5-7-15(21)22)4-6-14(13)20(16)3/h4-7,10-11,18H,8-9H2,1-3H3,(H,21,22)/b7-5+/t11-,17?/m1/s1. The highest BCUT2D eigenvalue weighted by molar-refractivity contribution is 5.87. The van der Waals surface area contributed by atoms with Crippen molar-refractivity contribution in [3.05, 3.63) is 35.7 Å². The Morgan fingerprint density at radius 3 is 2.86 bits per heavy atom. The molecule has 1 unspecified atom stereocenters. The van der Waals surface area contributed by atoms with Gasteiger partial charge in [-0.2, -0.15) is 0 Å². The van der Waals surface area contributed by atoms with Crippen molar-refractivity contribution in [1.82, 2.24) is 14.9 Å². The first kappa shape index (κ1) is 14.8. The minimum absolute atomic E-state index is 0.0508. The van der Waals surface area contributed by atoms with Gasteiger partial charge in [-0.25, -0.2) is 9.78 Å². The maximum Gasteiger partial charge on any atom is 0.328 e. The van der Waals surface area contributed by atoms with E-state index in [1.165, 1.54) is 6.42 Å². The number of carboxylic acid groups (broad SMARTS) is 1. The van der Waals surface area contributed by atoms with E-state index in [4.69, 9.17) is 10.1 Å². The molecule has 0 aliphatic heterocycles. The number of hydrogen-bond donors (Lipinski definition) is 2. The summed E-state index contributed by atoms with van der Waals surface area (Å²) in [5.41, 5.74) is 2.76. The van der Waals surface area contributed by atoms with Crippen LogP contribution in [0.3, 0.4) is 0 Å². The van der Waals surface area contributed by atoms with Crippen LogP contribution in [0.25, 0.3) is 17.1 Å². The zero-order valence-electron chi connectivity index (χ0n) is 13.1. The highest BCUT2D eigenvalue weighted by Crippen LogP contribution is 2.46. The minimum atomic E-state index is -0.945. The van der Waals surface area contributed by atoms with Gasteiger partial charge in [0.2, 0.25) is 0 Å². The molecular formula is C17H21N3O2. The van der Waals surface area contributed by atoms with E-state index in [0.717, 1.165) is 34.9 Å². The van der Waals surface area contributed by atoms with Gasteiger partial charge < -0.3 is 15.0 Å². The maximum atomic E-state index is 10.6. The van der Waals surface area contributed by atoms with Crippen LogP contribution in [0.15, 0.2) is 24.3 Å². The van der Waals surface area contributed by atoms with Crippen molar-refractivity contribution in [1.29, 1.82) is 0 Å². The average molecular weight is 299 g/mol. The Morgan fingerprint density at radius 2 is 2.32 bits per heavy atom. The number of nitrogens with one attached hydrogen (secondary N) is 1. The van der Waals surface area contributed by atoms with Crippen molar-refractivity contribution in [2.75, 3.05) is 7.05 Å². The SMILES string of the molecule is CNC1(c2nc3cc(/C=C/C(=O)O)ccc3n2C)CC[C@H]1C. The molecule has 0 amide bonds. The molecule has 0 bridgehead atoms. The third-order valence-electron chi connectivity index (χ3n) is 4.98. The van der Waals surface area contributed by atoms with Gasteiger partial charge in [0, 0.05) is 13.1 Å². The summed E-state index contributed by atoms with van der Waals surface area (Å²) in [5, 5.41) is 12.2. The van der Waals surface area contributed by atoms with Crippen LogP contribution in [0.1, 0.15) is 31.2 Å². The van der Waals surface area contributed by atoms with E-state index in [1.54, 1.807) is 6.08 Å². The molecule has 1 fully saturated rings. The van der Waals surface area contributed by atoms with Crippen LogP contribution in [0.2, 0.25) is 0 Å². The van der Waals surface area contributed by atoms with E-state index in [1.807, 2.05) is 32.3 Å². The monoisotopic (exact) mass is 299 g/mol. The second-order valence-electron chi connectivity index (χ2n) is 6.08. The lowest BCUT2D eigenvalue weighted by Gasteiger charge is -2.47. The van der Waals surface area contributed by atoms with Gasteiger partial charge >= 0.3 is 5.97 Å². The largest absolute Gasteiger partial charge is 0.478 e. The number of aryl methyl sites for hydroxylation is 1. The highest BCUT2D eigenvalue weighted by atomic mass is 16.4. The van der Waals surface area contributed by atoms with Gasteiger partial charge in [-0.05, 0) is 49.6 Å². The van der Waals surface area contributed by atoms with Crippen LogP contribution in [0, 0.1) is 5.92 Å². The Kier molecular flexibility index (Phi) is 3.53. The van der Waals surface area contributed by atoms with Crippen LogP contribution in [0.5, 0.6) is 0 Å². The van der Waals surface area contributed by atoms with Gasteiger partial charge in [0.1, 0.15) is 5.82 Å². The third-order valence-corrected chi connectivity index (χ3v) is 4.98. The molecule has 2 N–H and O–H groups in total. The van der Waals surface area contributed by atoms with Crippen LogP contribution >= 0.6 is 0 Å². The molecule has 1 heterocycles. The average Bonchev–Trinajstić information content (AvgIpc) is 2.82. The molecule has 0 saturated heterocycles. The summed E-state index contributed by atoms with van der Waals surface area (Å²) in [6.45, 7) is 2.25. The molecule has 2 atom stereocenters. The molecular weight excluding hydrogens is 278 g/mol. The molecule has 1 aliphatic rings. The van der Waals surface area contributed by atoms with Crippen molar-refractivity contribution < 1.29 is 9.90 Å². The van der Waals surface area contributed by atoms with Gasteiger partial charge in [-0.1, -0.05) is 13.0 Å². The first-order chi connectivity index (χ1) is 10.5. The van der Waals surface area contributed by atoms with Crippen LogP contribution in [-0.2, 0) is 17.4 Å². The third kappa shape index (κ3) is 2.13. The number of nitrogens with zero attached hydrogens (tertiary/aromatic N) is 2. The second-order valence-corrected chi connectivity index (χ2v) is 6.08. The zero-order chi connectivity index (χ0) is 15.9. The van der Waals surface area contributed by atoms with E-state index in [9.17, 15) is 4.79 Å². The maximum absolute atomic E-state index is 10.6. The summed E-state index contributed by atoms with van der Waals surface area (Å²) in [5.74, 6) is 0.668. The molecule has 2 aromatic rings. The topological polar surface area (TPSA) is 67.2 Å². The first-order valence-corrected chi connectivity index (χ1v) is 7.55. The smallest absolute Gasteiger partial charge is 0.328 e. The van der Waals surface area contributed by atoms with E-state index < -0.39 is 5.97 Å². The number of hydrogen-bond acceptors (Lipinski definition) is 3. The summed E-state index contributed by atoms with van der Waals surface area (Å²) in [7, 11) is 4.04. The second kappa shape index (κ2) is 5.25. The van der Waals surface area contributed by atoms with Crippen molar-refractivity contribution in [3.8, 4) is 0 Å². The first-order valence-electron chi connectivity index (χ1n) is 7.55. The molecule has 5 nitrogen and oxygen atoms in total. The molecule has 1 saturated carbocycles. The molecule has 0 radical (unpaired) electrons. The van der Waals surface area contributed by atoms with Crippen LogP contribution < -0.4 is 5.32 Å². The Balaban J connectivity index is 2.07. The van der Waals surface area contributed by atoms with Crippen molar-refractivity contribution in [2.45, 2.75) is 25.3 Å². The lowest BCUT2D eigenvalue weighted by atomic mass is 9.67. The Labute approximate surface area is 129 Å². The predicted molar refractivity (Wildman–Crippen MR) is 86.5 cm³/mol. The quantitative estimate of drug-likeness (QED) is 0.851. The number of benzene rings is 1. The summed E-state index contributed by atoms with van der Waals surface area (Å²) in [4.78, 5) is 15.5. The molecule has 1 aromatic heterocycles. The number of aliphatic carboxylic acids is 1. The van der Waals surface area contributed by atoms with Crippen LogP contribution in [-0.4, -0.2) is 27.7 Å². The van der Waals surface area contributed by atoms with Gasteiger partial charge in [-0.3, -0.25) is 0 Å². The summed E-state index contributed by atoms with van der Waals surface area (Å²) >= 11 is 0. The van der Waals surface area contributed by atoms with Crippen molar-refractivity contribution >= 4 is 23.1 Å². The minimum Gasteiger partial charge on any atom is -0.478 e. The Morgan fingerprint density at radius 1 is 1.55 bits per heavy atom. The number of imidazole rings is 1. The van der Waals surface area contributed by atoms with Crippen LogP contribution in [0.4, 0.5) is 0 Å². The lowest BCUT2D eigenvalue weighted by Crippen LogP contribution is -2.54. The van der Waals surface area contributed by atoms with Gasteiger partial charge in [-0.15, -0.1) is 0 Å². The summed E-state index contributed by atoms with van der Waals surface area (Å²) in [6, 6.07) is 5.86. The van der Waals surface area contributed by atoms with Gasteiger partial charge in [0.15, 0.2) is 0 Å². The normalized spacial score (nSPS) is 24.8. The number of aromatic nitrogens is 2. The molecule has 5 heteroatoms. The fourth-order valence-corrected chi connectivity index (χ4v) is 3.42. The lowest BCUT2D eigenvalue weighted by molar-refractivity contribution is -0.131. The van der Waals surface area contributed by atoms with E-state index in [0.29, 0.717) is 5.92 Å². The van der Waals surface area contributed by atoms with Crippen molar-refractivity contribution in [2.24, 2.45) is 13.0 Å². The van der Waals surface area contributed by atoms with E-state index >= 15 is 0 Å². The highest BCUT2D eigenvalue weighted by Gasteiger charge is 2.47. The molecule has 116 valence electrons.